The smallest absolute Gasteiger partial charge is 0.258 e. The van der Waals surface area contributed by atoms with Gasteiger partial charge in [-0.15, -0.1) is 0 Å². The molecule has 0 bridgehead atoms. The molecule has 2 aromatic rings. The molecule has 0 atom stereocenters. The second-order valence-electron chi connectivity index (χ2n) is 3.97. The first kappa shape index (κ1) is 11.3. The minimum Gasteiger partial charge on any atom is -0.258 e. The summed E-state index contributed by atoms with van der Waals surface area (Å²) in [5, 5.41) is 15.2. The van der Waals surface area contributed by atoms with Crippen LogP contribution in [-0.4, -0.2) is 14.7 Å². The van der Waals surface area contributed by atoms with Crippen molar-refractivity contribution in [3.05, 3.63) is 51.3 Å². The molecule has 5 heteroatoms. The van der Waals surface area contributed by atoms with Gasteiger partial charge in [0.05, 0.1) is 10.6 Å². The molecule has 88 valence electrons. The highest BCUT2D eigenvalue weighted by molar-refractivity contribution is 5.47. The molecule has 5 nitrogen and oxygen atoms in total. The number of benzene rings is 1. The molecular formula is C12H13N3O2. The summed E-state index contributed by atoms with van der Waals surface area (Å²) in [4.78, 5) is 10.5. The highest BCUT2D eigenvalue weighted by Gasteiger charge is 2.22. The number of rotatable bonds is 2. The van der Waals surface area contributed by atoms with Gasteiger partial charge >= 0.3 is 5.69 Å². The molecule has 0 radical (unpaired) electrons. The van der Waals surface area contributed by atoms with E-state index in [9.17, 15) is 10.1 Å². The third-order valence-corrected chi connectivity index (χ3v) is 2.78. The second-order valence-corrected chi connectivity index (χ2v) is 3.97. The zero-order chi connectivity index (χ0) is 12.6. The molecule has 0 spiro atoms. The Kier molecular flexibility index (Phi) is 2.67. The van der Waals surface area contributed by atoms with Gasteiger partial charge in [-0.3, -0.25) is 10.1 Å². The summed E-state index contributed by atoms with van der Waals surface area (Å²) in [5.74, 6) is 0. The van der Waals surface area contributed by atoms with Gasteiger partial charge in [0.15, 0.2) is 0 Å². The molecule has 2 rings (SSSR count). The lowest BCUT2D eigenvalue weighted by Gasteiger charge is -2.06. The number of para-hydroxylation sites is 1. The van der Waals surface area contributed by atoms with Crippen molar-refractivity contribution in [3.8, 4) is 5.69 Å². The van der Waals surface area contributed by atoms with E-state index in [1.807, 2.05) is 31.2 Å². The van der Waals surface area contributed by atoms with Crippen LogP contribution >= 0.6 is 0 Å². The van der Waals surface area contributed by atoms with Crippen molar-refractivity contribution < 1.29 is 4.92 Å². The van der Waals surface area contributed by atoms with Crippen molar-refractivity contribution in [2.45, 2.75) is 20.8 Å². The Morgan fingerprint density at radius 2 is 1.88 bits per heavy atom. The Morgan fingerprint density at radius 3 is 2.41 bits per heavy atom. The minimum absolute atomic E-state index is 0.0910. The summed E-state index contributed by atoms with van der Waals surface area (Å²) in [6, 6.07) is 7.68. The molecule has 0 amide bonds. The van der Waals surface area contributed by atoms with Gasteiger partial charge < -0.3 is 0 Å². The van der Waals surface area contributed by atoms with E-state index in [0.717, 1.165) is 11.3 Å². The van der Waals surface area contributed by atoms with E-state index in [1.54, 1.807) is 18.5 Å². The molecule has 1 heterocycles. The molecule has 0 saturated heterocycles. The number of nitro groups is 1. The Bertz CT molecular complexity index is 587. The summed E-state index contributed by atoms with van der Waals surface area (Å²) >= 11 is 0. The van der Waals surface area contributed by atoms with Crippen LogP contribution in [0.15, 0.2) is 24.3 Å². The third kappa shape index (κ3) is 1.80. The van der Waals surface area contributed by atoms with E-state index in [0.29, 0.717) is 11.4 Å². The van der Waals surface area contributed by atoms with Crippen LogP contribution in [0.3, 0.4) is 0 Å². The molecule has 1 aromatic carbocycles. The predicted molar refractivity (Wildman–Crippen MR) is 64.4 cm³/mol. The molecular weight excluding hydrogens is 218 g/mol. The third-order valence-electron chi connectivity index (χ3n) is 2.78. The van der Waals surface area contributed by atoms with Crippen LogP contribution < -0.4 is 0 Å². The zero-order valence-corrected chi connectivity index (χ0v) is 9.97. The van der Waals surface area contributed by atoms with Gasteiger partial charge in [0.25, 0.3) is 0 Å². The molecule has 0 saturated carbocycles. The van der Waals surface area contributed by atoms with Crippen LogP contribution in [0, 0.1) is 30.9 Å². The standard InChI is InChI=1S/C12H13N3O2/c1-8-6-4-5-7-11(8)14-10(3)12(15(16)17)9(2)13-14/h4-7H,1-3H3. The van der Waals surface area contributed by atoms with Crippen LogP contribution in [-0.2, 0) is 0 Å². The number of hydrogen-bond acceptors (Lipinski definition) is 3. The van der Waals surface area contributed by atoms with Crippen molar-refractivity contribution in [3.63, 3.8) is 0 Å². The number of aryl methyl sites for hydroxylation is 2. The van der Waals surface area contributed by atoms with Crippen molar-refractivity contribution in [1.82, 2.24) is 9.78 Å². The molecule has 0 aliphatic rings. The lowest BCUT2D eigenvalue weighted by molar-refractivity contribution is -0.386. The fourth-order valence-corrected chi connectivity index (χ4v) is 1.93. The monoisotopic (exact) mass is 231 g/mol. The Hall–Kier alpha value is -2.17. The molecule has 0 unspecified atom stereocenters. The normalized spacial score (nSPS) is 10.5. The maximum atomic E-state index is 10.9. The van der Waals surface area contributed by atoms with Crippen molar-refractivity contribution in [1.29, 1.82) is 0 Å². The number of aromatic nitrogens is 2. The van der Waals surface area contributed by atoms with E-state index in [-0.39, 0.29) is 10.6 Å². The molecule has 0 fully saturated rings. The van der Waals surface area contributed by atoms with Gasteiger partial charge in [-0.25, -0.2) is 4.68 Å². The first-order valence-electron chi connectivity index (χ1n) is 5.29. The van der Waals surface area contributed by atoms with E-state index in [1.165, 1.54) is 0 Å². The van der Waals surface area contributed by atoms with E-state index in [2.05, 4.69) is 5.10 Å². The predicted octanol–water partition coefficient (Wildman–Crippen LogP) is 2.71. The number of nitrogens with zero attached hydrogens (tertiary/aromatic N) is 3. The van der Waals surface area contributed by atoms with E-state index in [4.69, 9.17) is 0 Å². The topological polar surface area (TPSA) is 61.0 Å². The van der Waals surface area contributed by atoms with Crippen molar-refractivity contribution in [2.24, 2.45) is 0 Å². The second kappa shape index (κ2) is 4.01. The molecule has 0 aliphatic heterocycles. The van der Waals surface area contributed by atoms with Gasteiger partial charge in [0, 0.05) is 0 Å². The average molecular weight is 231 g/mol. The molecule has 1 aromatic heterocycles. The highest BCUT2D eigenvalue weighted by Crippen LogP contribution is 2.25. The number of hydrogen-bond donors (Lipinski definition) is 0. The molecule has 0 aliphatic carbocycles. The van der Waals surface area contributed by atoms with Crippen LogP contribution in [0.25, 0.3) is 5.69 Å². The van der Waals surface area contributed by atoms with Gasteiger partial charge in [0.1, 0.15) is 11.4 Å². The average Bonchev–Trinajstić information content (AvgIpc) is 2.55. The van der Waals surface area contributed by atoms with Crippen LogP contribution in [0.2, 0.25) is 0 Å². The lowest BCUT2D eigenvalue weighted by atomic mass is 10.2. The summed E-state index contributed by atoms with van der Waals surface area (Å²) in [7, 11) is 0. The van der Waals surface area contributed by atoms with Crippen molar-refractivity contribution >= 4 is 5.69 Å². The maximum absolute atomic E-state index is 10.9. The summed E-state index contributed by atoms with van der Waals surface area (Å²) in [6.07, 6.45) is 0. The Labute approximate surface area is 98.8 Å². The molecule has 17 heavy (non-hydrogen) atoms. The Balaban J connectivity index is 2.66. The van der Waals surface area contributed by atoms with Gasteiger partial charge in [0.2, 0.25) is 0 Å². The fraction of sp³-hybridized carbons (Fsp3) is 0.250. The molecule has 0 N–H and O–H groups in total. The largest absolute Gasteiger partial charge is 0.313 e. The minimum atomic E-state index is -0.382. The van der Waals surface area contributed by atoms with E-state index < -0.39 is 0 Å². The fourth-order valence-electron chi connectivity index (χ4n) is 1.93. The highest BCUT2D eigenvalue weighted by atomic mass is 16.6. The van der Waals surface area contributed by atoms with Gasteiger partial charge in [-0.2, -0.15) is 5.10 Å². The Morgan fingerprint density at radius 1 is 1.24 bits per heavy atom. The van der Waals surface area contributed by atoms with Crippen LogP contribution in [0.1, 0.15) is 17.0 Å². The lowest BCUT2D eigenvalue weighted by Crippen LogP contribution is -2.01. The van der Waals surface area contributed by atoms with Crippen molar-refractivity contribution in [2.75, 3.05) is 0 Å². The maximum Gasteiger partial charge on any atom is 0.313 e. The van der Waals surface area contributed by atoms with Crippen LogP contribution in [0.5, 0.6) is 0 Å². The van der Waals surface area contributed by atoms with Gasteiger partial charge in [-0.1, -0.05) is 18.2 Å². The van der Waals surface area contributed by atoms with Gasteiger partial charge in [-0.05, 0) is 32.4 Å². The summed E-state index contributed by atoms with van der Waals surface area (Å²) in [5.41, 5.74) is 3.00. The van der Waals surface area contributed by atoms with Crippen LogP contribution in [0.4, 0.5) is 5.69 Å². The summed E-state index contributed by atoms with van der Waals surface area (Å²) < 4.78 is 1.63. The zero-order valence-electron chi connectivity index (χ0n) is 9.97. The van der Waals surface area contributed by atoms with E-state index >= 15 is 0 Å². The SMILES string of the molecule is Cc1ccccc1-n1nc(C)c([N+](=O)[O-])c1C. The first-order chi connectivity index (χ1) is 8.02. The summed E-state index contributed by atoms with van der Waals surface area (Å²) in [6.45, 7) is 5.32. The quantitative estimate of drug-likeness (QED) is 0.589. The first-order valence-corrected chi connectivity index (χ1v) is 5.29.